The fraction of sp³-hybridized carbons (Fsp3) is 0.409. The number of nitrogens with zero attached hydrogens (tertiary/aromatic N) is 1. The molecule has 6 nitrogen and oxygen atoms in total. The number of methoxy groups -OCH3 is 1. The Morgan fingerprint density at radius 3 is 2.32 bits per heavy atom. The first-order valence-electron chi connectivity index (χ1n) is 9.19. The van der Waals surface area contributed by atoms with Crippen LogP contribution in [0.3, 0.4) is 0 Å². The average Bonchev–Trinajstić information content (AvgIpc) is 2.62. The van der Waals surface area contributed by atoms with Crippen molar-refractivity contribution in [3.05, 3.63) is 53.3 Å². The van der Waals surface area contributed by atoms with Gasteiger partial charge in [0.15, 0.2) is 0 Å². The Labute approximate surface area is 166 Å². The minimum Gasteiger partial charge on any atom is -0.467 e. The molecule has 0 aliphatic rings. The Balaban J connectivity index is 2.15. The van der Waals surface area contributed by atoms with Crippen molar-refractivity contribution in [3.63, 3.8) is 0 Å². The quantitative estimate of drug-likeness (QED) is 0.789. The summed E-state index contributed by atoms with van der Waals surface area (Å²) in [6, 6.07) is 9.04. The van der Waals surface area contributed by atoms with Crippen LogP contribution >= 0.6 is 0 Å². The number of pyridine rings is 1. The molecule has 0 saturated heterocycles. The van der Waals surface area contributed by atoms with Crippen LogP contribution in [0.2, 0.25) is 0 Å². The van der Waals surface area contributed by atoms with E-state index in [1.54, 1.807) is 27.0 Å². The van der Waals surface area contributed by atoms with Gasteiger partial charge in [-0.3, -0.25) is 4.98 Å². The molecule has 0 aliphatic heterocycles. The van der Waals surface area contributed by atoms with Crippen LogP contribution in [-0.4, -0.2) is 35.8 Å². The molecule has 1 N–H and O–H groups in total. The first kappa shape index (κ1) is 21.4. The molecule has 1 heterocycles. The molecule has 6 heteroatoms. The summed E-state index contributed by atoms with van der Waals surface area (Å²) in [6.45, 7) is 9.32. The second-order valence-electron chi connectivity index (χ2n) is 7.69. The van der Waals surface area contributed by atoms with Crippen LogP contribution in [0.25, 0.3) is 11.1 Å². The molecule has 0 bridgehead atoms. The molecule has 2 aromatic rings. The molecule has 150 valence electrons. The topological polar surface area (TPSA) is 77.5 Å². The number of aryl methyl sites for hydroxylation is 1. The van der Waals surface area contributed by atoms with Crippen LogP contribution in [0, 0.1) is 13.8 Å². The smallest absolute Gasteiger partial charge is 0.408 e. The molecular weight excluding hydrogens is 356 g/mol. The van der Waals surface area contributed by atoms with E-state index < -0.39 is 23.7 Å². The molecule has 28 heavy (non-hydrogen) atoms. The number of benzene rings is 1. The zero-order valence-corrected chi connectivity index (χ0v) is 17.3. The summed E-state index contributed by atoms with van der Waals surface area (Å²) in [7, 11) is 1.30. The predicted octanol–water partition coefficient (Wildman–Crippen LogP) is 3.97. The lowest BCUT2D eigenvalue weighted by atomic mass is 9.98. The third-order valence-corrected chi connectivity index (χ3v) is 4.34. The largest absolute Gasteiger partial charge is 0.467 e. The molecule has 0 radical (unpaired) electrons. The number of ether oxygens (including phenoxy) is 2. The van der Waals surface area contributed by atoms with Crippen LogP contribution in [0.5, 0.6) is 0 Å². The summed E-state index contributed by atoms with van der Waals surface area (Å²) in [5.74, 6) is -0.518. The van der Waals surface area contributed by atoms with E-state index in [1.807, 2.05) is 44.2 Å². The summed E-state index contributed by atoms with van der Waals surface area (Å²) in [5.41, 5.74) is 4.58. The van der Waals surface area contributed by atoms with Crippen molar-refractivity contribution in [1.29, 1.82) is 0 Å². The van der Waals surface area contributed by atoms with Gasteiger partial charge >= 0.3 is 12.1 Å². The second kappa shape index (κ2) is 8.87. The Hall–Kier alpha value is -2.89. The zero-order valence-electron chi connectivity index (χ0n) is 17.3. The molecule has 1 amide bonds. The zero-order chi connectivity index (χ0) is 20.9. The number of esters is 1. The first-order valence-corrected chi connectivity index (χ1v) is 9.19. The summed E-state index contributed by atoms with van der Waals surface area (Å²) in [6.07, 6.45) is 1.45. The molecule has 0 spiro atoms. The third-order valence-electron chi connectivity index (χ3n) is 4.34. The normalized spacial score (nSPS) is 12.2. The first-order chi connectivity index (χ1) is 13.1. The number of hydrogen-bond donors (Lipinski definition) is 1. The number of aromatic nitrogens is 1. The SMILES string of the molecule is COC(=O)C(Cc1ccc(-c2ccnc(C)c2C)cc1)NC(=O)OC(C)(C)C. The molecule has 1 aromatic carbocycles. The number of rotatable bonds is 5. The second-order valence-corrected chi connectivity index (χ2v) is 7.69. The Morgan fingerprint density at radius 2 is 1.75 bits per heavy atom. The lowest BCUT2D eigenvalue weighted by Crippen LogP contribution is -2.45. The summed E-state index contributed by atoms with van der Waals surface area (Å²) >= 11 is 0. The van der Waals surface area contributed by atoms with E-state index in [0.717, 1.165) is 27.9 Å². The lowest BCUT2D eigenvalue weighted by Gasteiger charge is -2.22. The highest BCUT2D eigenvalue weighted by molar-refractivity contribution is 5.81. The van der Waals surface area contributed by atoms with Crippen molar-refractivity contribution < 1.29 is 19.1 Å². The van der Waals surface area contributed by atoms with Gasteiger partial charge in [0.25, 0.3) is 0 Å². The van der Waals surface area contributed by atoms with Crippen LogP contribution in [-0.2, 0) is 20.7 Å². The van der Waals surface area contributed by atoms with Crippen molar-refractivity contribution in [3.8, 4) is 11.1 Å². The Bertz CT molecular complexity index is 839. The predicted molar refractivity (Wildman–Crippen MR) is 108 cm³/mol. The van der Waals surface area contributed by atoms with Gasteiger partial charge in [0.1, 0.15) is 11.6 Å². The summed E-state index contributed by atoms with van der Waals surface area (Å²) in [5, 5.41) is 2.59. The maximum Gasteiger partial charge on any atom is 0.408 e. The van der Waals surface area contributed by atoms with Gasteiger partial charge in [0.2, 0.25) is 0 Å². The van der Waals surface area contributed by atoms with Crippen molar-refractivity contribution >= 4 is 12.1 Å². The van der Waals surface area contributed by atoms with E-state index >= 15 is 0 Å². The molecule has 1 aromatic heterocycles. The van der Waals surface area contributed by atoms with Gasteiger partial charge in [-0.25, -0.2) is 9.59 Å². The van der Waals surface area contributed by atoms with Gasteiger partial charge in [-0.1, -0.05) is 24.3 Å². The highest BCUT2D eigenvalue weighted by Gasteiger charge is 2.25. The van der Waals surface area contributed by atoms with Crippen LogP contribution in [0.4, 0.5) is 4.79 Å². The maximum atomic E-state index is 12.1. The van der Waals surface area contributed by atoms with Gasteiger partial charge < -0.3 is 14.8 Å². The number of carbonyl (C=O) groups is 2. The maximum absolute atomic E-state index is 12.1. The standard InChI is InChI=1S/C22H28N2O4/c1-14-15(2)23-12-11-18(14)17-9-7-16(8-10-17)13-19(20(25)27-6)24-21(26)28-22(3,4)5/h7-12,19H,13H2,1-6H3,(H,24,26). The number of hydrogen-bond acceptors (Lipinski definition) is 5. The molecular formula is C22H28N2O4. The van der Waals surface area contributed by atoms with E-state index in [2.05, 4.69) is 10.3 Å². The number of amides is 1. The average molecular weight is 384 g/mol. The number of carbonyl (C=O) groups excluding carboxylic acids is 2. The van der Waals surface area contributed by atoms with Crippen LogP contribution in [0.15, 0.2) is 36.5 Å². The Kier molecular flexibility index (Phi) is 6.78. The van der Waals surface area contributed by atoms with E-state index in [-0.39, 0.29) is 0 Å². The fourth-order valence-electron chi connectivity index (χ4n) is 2.79. The monoisotopic (exact) mass is 384 g/mol. The van der Waals surface area contributed by atoms with E-state index in [1.165, 1.54) is 7.11 Å². The summed E-state index contributed by atoms with van der Waals surface area (Å²) < 4.78 is 10.1. The molecule has 2 rings (SSSR count). The van der Waals surface area contributed by atoms with E-state index in [4.69, 9.17) is 9.47 Å². The lowest BCUT2D eigenvalue weighted by molar-refractivity contribution is -0.143. The fourth-order valence-corrected chi connectivity index (χ4v) is 2.79. The van der Waals surface area contributed by atoms with Crippen LogP contribution in [0.1, 0.15) is 37.6 Å². The number of nitrogens with one attached hydrogen (secondary N) is 1. The van der Waals surface area contributed by atoms with Crippen molar-refractivity contribution in [2.75, 3.05) is 7.11 Å². The minimum absolute atomic E-state index is 0.306. The molecule has 0 fully saturated rings. The molecule has 0 aliphatic carbocycles. The van der Waals surface area contributed by atoms with Gasteiger partial charge in [0.05, 0.1) is 7.11 Å². The van der Waals surface area contributed by atoms with Gasteiger partial charge in [-0.2, -0.15) is 0 Å². The van der Waals surface area contributed by atoms with Crippen molar-refractivity contribution in [2.24, 2.45) is 0 Å². The van der Waals surface area contributed by atoms with Crippen molar-refractivity contribution in [1.82, 2.24) is 10.3 Å². The minimum atomic E-state index is -0.824. The number of alkyl carbamates (subject to hydrolysis) is 1. The van der Waals surface area contributed by atoms with Crippen LogP contribution < -0.4 is 5.32 Å². The molecule has 0 saturated carbocycles. The van der Waals surface area contributed by atoms with Gasteiger partial charge in [-0.05, 0) is 62.9 Å². The molecule has 1 unspecified atom stereocenters. The third kappa shape index (κ3) is 5.81. The Morgan fingerprint density at radius 1 is 1.11 bits per heavy atom. The molecule has 1 atom stereocenters. The van der Waals surface area contributed by atoms with Crippen molar-refractivity contribution in [2.45, 2.75) is 52.7 Å². The van der Waals surface area contributed by atoms with E-state index in [9.17, 15) is 9.59 Å². The summed E-state index contributed by atoms with van der Waals surface area (Å²) in [4.78, 5) is 28.4. The van der Waals surface area contributed by atoms with E-state index in [0.29, 0.717) is 6.42 Å². The highest BCUT2D eigenvalue weighted by atomic mass is 16.6. The van der Waals surface area contributed by atoms with Gasteiger partial charge in [-0.15, -0.1) is 0 Å². The highest BCUT2D eigenvalue weighted by Crippen LogP contribution is 2.25. The van der Waals surface area contributed by atoms with Gasteiger partial charge in [0, 0.05) is 18.3 Å².